The standard InChI is InChI=1S/C19H21NO5/c1-4-20(14-8-6-5-7-9-14)18(21)13-25-19(22)16-11-10-15(23-2)12-17(16)24-3/h5-12H,4,13H2,1-3H3. The predicted octanol–water partition coefficient (Wildman–Crippen LogP) is 2.91. The summed E-state index contributed by atoms with van der Waals surface area (Å²) in [5.74, 6) is -0.0376. The number of rotatable bonds is 7. The molecule has 0 atom stereocenters. The van der Waals surface area contributed by atoms with Gasteiger partial charge in [0.15, 0.2) is 6.61 Å². The summed E-state index contributed by atoms with van der Waals surface area (Å²) in [6.45, 7) is 1.99. The summed E-state index contributed by atoms with van der Waals surface area (Å²) in [7, 11) is 2.97. The van der Waals surface area contributed by atoms with Crippen LogP contribution in [0.15, 0.2) is 48.5 Å². The Kier molecular flexibility index (Phi) is 6.39. The Balaban J connectivity index is 2.05. The van der Waals surface area contributed by atoms with Crippen molar-refractivity contribution in [3.8, 4) is 11.5 Å². The van der Waals surface area contributed by atoms with Gasteiger partial charge in [0.1, 0.15) is 17.1 Å². The highest BCUT2D eigenvalue weighted by Gasteiger charge is 2.19. The van der Waals surface area contributed by atoms with Gasteiger partial charge in [0.2, 0.25) is 0 Å². The molecule has 1 amide bonds. The van der Waals surface area contributed by atoms with Gasteiger partial charge in [-0.05, 0) is 31.2 Å². The van der Waals surface area contributed by atoms with Crippen molar-refractivity contribution in [3.63, 3.8) is 0 Å². The van der Waals surface area contributed by atoms with Crippen LogP contribution in [0.4, 0.5) is 5.69 Å². The van der Waals surface area contributed by atoms with Crippen molar-refractivity contribution in [3.05, 3.63) is 54.1 Å². The summed E-state index contributed by atoms with van der Waals surface area (Å²) in [4.78, 5) is 26.2. The van der Waals surface area contributed by atoms with Crippen LogP contribution >= 0.6 is 0 Å². The van der Waals surface area contributed by atoms with Crippen molar-refractivity contribution in [1.82, 2.24) is 0 Å². The van der Waals surface area contributed by atoms with Gasteiger partial charge in [-0.2, -0.15) is 0 Å². The van der Waals surface area contributed by atoms with E-state index in [1.807, 2.05) is 37.3 Å². The first-order valence-corrected chi connectivity index (χ1v) is 7.85. The van der Waals surface area contributed by atoms with Crippen LogP contribution in [0.2, 0.25) is 0 Å². The minimum absolute atomic E-state index is 0.235. The monoisotopic (exact) mass is 343 g/mol. The molecular weight excluding hydrogens is 322 g/mol. The first kappa shape index (κ1) is 18.3. The largest absolute Gasteiger partial charge is 0.497 e. The van der Waals surface area contributed by atoms with Gasteiger partial charge >= 0.3 is 5.97 Å². The number of methoxy groups -OCH3 is 2. The van der Waals surface area contributed by atoms with E-state index in [0.29, 0.717) is 18.0 Å². The van der Waals surface area contributed by atoms with Crippen LogP contribution in [0, 0.1) is 0 Å². The van der Waals surface area contributed by atoms with Gasteiger partial charge < -0.3 is 19.1 Å². The van der Waals surface area contributed by atoms with Crippen molar-refractivity contribution in [2.24, 2.45) is 0 Å². The summed E-state index contributed by atoms with van der Waals surface area (Å²) in [6.07, 6.45) is 0. The molecule has 0 saturated carbocycles. The smallest absolute Gasteiger partial charge is 0.342 e. The van der Waals surface area contributed by atoms with Crippen LogP contribution in [-0.4, -0.2) is 39.2 Å². The molecular formula is C19H21NO5. The molecule has 6 nitrogen and oxygen atoms in total. The Labute approximate surface area is 146 Å². The van der Waals surface area contributed by atoms with Gasteiger partial charge in [-0.25, -0.2) is 4.79 Å². The quantitative estimate of drug-likeness (QED) is 0.723. The lowest BCUT2D eigenvalue weighted by Crippen LogP contribution is -2.34. The number of amides is 1. The molecule has 0 N–H and O–H groups in total. The third-order valence-electron chi connectivity index (χ3n) is 3.64. The summed E-state index contributed by atoms with van der Waals surface area (Å²) < 4.78 is 15.4. The summed E-state index contributed by atoms with van der Waals surface area (Å²) in [5.41, 5.74) is 0.993. The summed E-state index contributed by atoms with van der Waals surface area (Å²) >= 11 is 0. The number of nitrogens with zero attached hydrogens (tertiary/aromatic N) is 1. The highest BCUT2D eigenvalue weighted by molar-refractivity contribution is 5.98. The second-order valence-corrected chi connectivity index (χ2v) is 5.12. The molecule has 0 saturated heterocycles. The van der Waals surface area contributed by atoms with E-state index in [2.05, 4.69) is 0 Å². The Morgan fingerprint density at radius 1 is 1.00 bits per heavy atom. The highest BCUT2D eigenvalue weighted by Crippen LogP contribution is 2.25. The molecule has 2 rings (SSSR count). The molecule has 0 radical (unpaired) electrons. The normalized spacial score (nSPS) is 10.0. The Hall–Kier alpha value is -3.02. The van der Waals surface area contributed by atoms with Crippen LogP contribution in [0.3, 0.4) is 0 Å². The minimum Gasteiger partial charge on any atom is -0.497 e. The molecule has 0 heterocycles. The lowest BCUT2D eigenvalue weighted by molar-refractivity contribution is -0.121. The average molecular weight is 343 g/mol. The molecule has 0 unspecified atom stereocenters. The molecule has 0 aliphatic carbocycles. The van der Waals surface area contributed by atoms with Gasteiger partial charge in [-0.15, -0.1) is 0 Å². The molecule has 0 fully saturated rings. The molecule has 2 aromatic rings. The molecule has 0 aromatic heterocycles. The van der Waals surface area contributed by atoms with Crippen LogP contribution < -0.4 is 14.4 Å². The highest BCUT2D eigenvalue weighted by atomic mass is 16.5. The molecule has 0 aliphatic heterocycles. The summed E-state index contributed by atoms with van der Waals surface area (Å²) in [5, 5.41) is 0. The number of esters is 1. The molecule has 6 heteroatoms. The van der Waals surface area contributed by atoms with Crippen molar-refractivity contribution in [2.75, 3.05) is 32.3 Å². The van der Waals surface area contributed by atoms with Crippen LogP contribution in [0.1, 0.15) is 17.3 Å². The van der Waals surface area contributed by atoms with Gasteiger partial charge in [-0.1, -0.05) is 18.2 Å². The maximum atomic E-state index is 12.4. The lowest BCUT2D eigenvalue weighted by Gasteiger charge is -2.20. The van der Waals surface area contributed by atoms with Crippen molar-refractivity contribution >= 4 is 17.6 Å². The maximum Gasteiger partial charge on any atom is 0.342 e. The van der Waals surface area contributed by atoms with E-state index in [-0.39, 0.29) is 18.1 Å². The fourth-order valence-corrected chi connectivity index (χ4v) is 2.36. The lowest BCUT2D eigenvalue weighted by atomic mass is 10.2. The van der Waals surface area contributed by atoms with Crippen molar-refractivity contribution < 1.29 is 23.8 Å². The minimum atomic E-state index is -0.628. The fourth-order valence-electron chi connectivity index (χ4n) is 2.36. The maximum absolute atomic E-state index is 12.4. The van der Waals surface area contributed by atoms with E-state index in [4.69, 9.17) is 14.2 Å². The van der Waals surface area contributed by atoms with Crippen LogP contribution in [0.25, 0.3) is 0 Å². The Morgan fingerprint density at radius 2 is 1.72 bits per heavy atom. The van der Waals surface area contributed by atoms with Gasteiger partial charge in [0, 0.05) is 18.3 Å². The molecule has 132 valence electrons. The number of carbonyl (C=O) groups is 2. The van der Waals surface area contributed by atoms with E-state index < -0.39 is 5.97 Å². The Morgan fingerprint density at radius 3 is 2.32 bits per heavy atom. The van der Waals surface area contributed by atoms with Gasteiger partial charge in [0.05, 0.1) is 14.2 Å². The molecule has 0 aliphatic rings. The fraction of sp³-hybridized carbons (Fsp3) is 0.263. The molecule has 0 bridgehead atoms. The van der Waals surface area contributed by atoms with E-state index >= 15 is 0 Å². The predicted molar refractivity (Wildman–Crippen MR) is 94.3 cm³/mol. The first-order chi connectivity index (χ1) is 12.1. The SMILES string of the molecule is CCN(C(=O)COC(=O)c1ccc(OC)cc1OC)c1ccccc1. The number of likely N-dealkylation sites (N-methyl/N-ethyl adjacent to an activating group) is 1. The van der Waals surface area contributed by atoms with Crippen molar-refractivity contribution in [1.29, 1.82) is 0 Å². The average Bonchev–Trinajstić information content (AvgIpc) is 2.67. The number of ether oxygens (including phenoxy) is 3. The van der Waals surface area contributed by atoms with Crippen LogP contribution in [0.5, 0.6) is 11.5 Å². The van der Waals surface area contributed by atoms with E-state index in [0.717, 1.165) is 5.69 Å². The number of benzene rings is 2. The number of hydrogen-bond acceptors (Lipinski definition) is 5. The third kappa shape index (κ3) is 4.50. The number of carbonyl (C=O) groups excluding carboxylic acids is 2. The second kappa shape index (κ2) is 8.73. The molecule has 0 spiro atoms. The zero-order valence-electron chi connectivity index (χ0n) is 14.5. The number of anilines is 1. The van der Waals surface area contributed by atoms with Gasteiger partial charge in [0.25, 0.3) is 5.91 Å². The third-order valence-corrected chi connectivity index (χ3v) is 3.64. The second-order valence-electron chi connectivity index (χ2n) is 5.12. The summed E-state index contributed by atoms with van der Waals surface area (Å²) in [6, 6.07) is 14.0. The van der Waals surface area contributed by atoms with E-state index in [9.17, 15) is 9.59 Å². The number of para-hydroxylation sites is 1. The Bertz CT molecular complexity index is 730. The van der Waals surface area contributed by atoms with Crippen LogP contribution in [-0.2, 0) is 9.53 Å². The topological polar surface area (TPSA) is 65.1 Å². The number of hydrogen-bond donors (Lipinski definition) is 0. The van der Waals surface area contributed by atoms with Crippen molar-refractivity contribution in [2.45, 2.75) is 6.92 Å². The molecule has 2 aromatic carbocycles. The zero-order valence-corrected chi connectivity index (χ0v) is 14.5. The first-order valence-electron chi connectivity index (χ1n) is 7.85. The zero-order chi connectivity index (χ0) is 18.2. The van der Waals surface area contributed by atoms with Gasteiger partial charge in [-0.3, -0.25) is 4.79 Å². The van der Waals surface area contributed by atoms with E-state index in [1.54, 1.807) is 23.1 Å². The molecule has 25 heavy (non-hydrogen) atoms. The van der Waals surface area contributed by atoms with E-state index in [1.165, 1.54) is 14.2 Å².